The summed E-state index contributed by atoms with van der Waals surface area (Å²) in [6.45, 7) is 0. The zero-order valence-corrected chi connectivity index (χ0v) is 12.5. The molecule has 7 nitrogen and oxygen atoms in total. The van der Waals surface area contributed by atoms with Crippen molar-refractivity contribution in [3.8, 4) is 11.3 Å². The number of oxazole rings is 1. The van der Waals surface area contributed by atoms with Gasteiger partial charge in [0.05, 0.1) is 0 Å². The molecule has 0 saturated carbocycles. The molecular formula is C17H14N4O3. The summed E-state index contributed by atoms with van der Waals surface area (Å²) in [5.41, 5.74) is 7.09. The molecule has 0 aliphatic rings. The summed E-state index contributed by atoms with van der Waals surface area (Å²) in [5.74, 6) is 0.0123. The fourth-order valence-electron chi connectivity index (χ4n) is 2.17. The Morgan fingerprint density at radius 2 is 1.54 bits per heavy atom. The number of hydrogen-bond donors (Lipinski definition) is 3. The van der Waals surface area contributed by atoms with Crippen molar-refractivity contribution >= 4 is 23.3 Å². The summed E-state index contributed by atoms with van der Waals surface area (Å²) in [4.78, 5) is 27.2. The number of aromatic nitrogens is 1. The first kappa shape index (κ1) is 15.3. The molecule has 1 aromatic heterocycles. The second kappa shape index (κ2) is 6.66. The van der Waals surface area contributed by atoms with Crippen molar-refractivity contribution in [2.75, 3.05) is 10.6 Å². The number of anilines is 2. The fraction of sp³-hybridized carbons (Fsp3) is 0. The summed E-state index contributed by atoms with van der Waals surface area (Å²) < 4.78 is 5.34. The Hall–Kier alpha value is -3.61. The van der Waals surface area contributed by atoms with E-state index in [2.05, 4.69) is 15.6 Å². The summed E-state index contributed by atoms with van der Waals surface area (Å²) in [5, 5.41) is 5.17. The van der Waals surface area contributed by atoms with E-state index in [1.165, 1.54) is 6.39 Å². The quantitative estimate of drug-likeness (QED) is 0.685. The number of benzene rings is 2. The van der Waals surface area contributed by atoms with E-state index < -0.39 is 11.9 Å². The number of hydrogen-bond acceptors (Lipinski definition) is 4. The molecule has 24 heavy (non-hydrogen) atoms. The van der Waals surface area contributed by atoms with Crippen LogP contribution in [-0.2, 0) is 0 Å². The summed E-state index contributed by atoms with van der Waals surface area (Å²) in [7, 11) is 0. The van der Waals surface area contributed by atoms with Crippen molar-refractivity contribution in [2.45, 2.75) is 0 Å². The van der Waals surface area contributed by atoms with Crippen LogP contribution in [0, 0.1) is 0 Å². The SMILES string of the molecule is NC(=O)Nc1ccc(NC(=O)c2ncoc2-c2ccccc2)cc1. The molecule has 3 amide bonds. The largest absolute Gasteiger partial charge is 0.443 e. The fourth-order valence-corrected chi connectivity index (χ4v) is 2.17. The maximum Gasteiger partial charge on any atom is 0.316 e. The first-order valence-corrected chi connectivity index (χ1v) is 7.10. The van der Waals surface area contributed by atoms with Gasteiger partial charge in [0.25, 0.3) is 5.91 Å². The van der Waals surface area contributed by atoms with Gasteiger partial charge in [-0.05, 0) is 24.3 Å². The number of carbonyl (C=O) groups excluding carboxylic acids is 2. The highest BCUT2D eigenvalue weighted by molar-refractivity contribution is 6.06. The normalized spacial score (nSPS) is 10.2. The Labute approximate surface area is 137 Å². The van der Waals surface area contributed by atoms with E-state index in [1.807, 2.05) is 30.3 Å². The summed E-state index contributed by atoms with van der Waals surface area (Å²) >= 11 is 0. The minimum Gasteiger partial charge on any atom is -0.443 e. The van der Waals surface area contributed by atoms with Crippen LogP contribution in [0.3, 0.4) is 0 Å². The molecule has 0 unspecified atom stereocenters. The maximum atomic E-state index is 12.4. The topological polar surface area (TPSA) is 110 Å². The van der Waals surface area contributed by atoms with E-state index in [0.717, 1.165) is 5.56 Å². The monoisotopic (exact) mass is 322 g/mol. The number of amides is 3. The smallest absolute Gasteiger partial charge is 0.316 e. The highest BCUT2D eigenvalue weighted by Gasteiger charge is 2.18. The van der Waals surface area contributed by atoms with Crippen LogP contribution >= 0.6 is 0 Å². The molecule has 0 aliphatic carbocycles. The van der Waals surface area contributed by atoms with E-state index >= 15 is 0 Å². The zero-order chi connectivity index (χ0) is 16.9. The predicted molar refractivity (Wildman–Crippen MR) is 89.5 cm³/mol. The van der Waals surface area contributed by atoms with E-state index in [0.29, 0.717) is 17.1 Å². The number of urea groups is 1. The number of nitrogens with two attached hydrogens (primary N) is 1. The van der Waals surface area contributed by atoms with Crippen LogP contribution in [0.15, 0.2) is 65.4 Å². The van der Waals surface area contributed by atoms with Crippen molar-refractivity contribution in [3.05, 3.63) is 66.7 Å². The molecule has 0 atom stereocenters. The van der Waals surface area contributed by atoms with E-state index in [1.54, 1.807) is 24.3 Å². The number of rotatable bonds is 4. The van der Waals surface area contributed by atoms with Crippen LogP contribution in [0.2, 0.25) is 0 Å². The molecule has 3 aromatic rings. The van der Waals surface area contributed by atoms with Crippen molar-refractivity contribution in [1.29, 1.82) is 0 Å². The lowest BCUT2D eigenvalue weighted by Gasteiger charge is -2.06. The van der Waals surface area contributed by atoms with Crippen LogP contribution in [0.4, 0.5) is 16.2 Å². The molecule has 3 rings (SSSR count). The third-order valence-corrected chi connectivity index (χ3v) is 3.23. The molecule has 0 fully saturated rings. The molecular weight excluding hydrogens is 308 g/mol. The molecule has 0 radical (unpaired) electrons. The molecule has 0 saturated heterocycles. The standard InChI is InChI=1S/C17H14N4O3/c18-17(23)21-13-8-6-12(7-9-13)20-16(22)14-15(24-10-19-14)11-4-2-1-3-5-11/h1-10H,(H,20,22)(H3,18,21,23). The Morgan fingerprint density at radius 3 is 2.17 bits per heavy atom. The Morgan fingerprint density at radius 1 is 0.917 bits per heavy atom. The molecule has 0 spiro atoms. The number of primary amides is 1. The van der Waals surface area contributed by atoms with Gasteiger partial charge in [0.15, 0.2) is 17.8 Å². The van der Waals surface area contributed by atoms with E-state index in [4.69, 9.17) is 10.2 Å². The third-order valence-electron chi connectivity index (χ3n) is 3.23. The third kappa shape index (κ3) is 3.41. The van der Waals surface area contributed by atoms with Gasteiger partial charge < -0.3 is 20.8 Å². The lowest BCUT2D eigenvalue weighted by molar-refractivity contribution is 0.102. The van der Waals surface area contributed by atoms with Crippen LogP contribution in [0.5, 0.6) is 0 Å². The number of carbonyl (C=O) groups is 2. The second-order valence-electron chi connectivity index (χ2n) is 4.92. The second-order valence-corrected chi connectivity index (χ2v) is 4.92. The van der Waals surface area contributed by atoms with Gasteiger partial charge in [0, 0.05) is 16.9 Å². The van der Waals surface area contributed by atoms with Crippen molar-refractivity contribution in [2.24, 2.45) is 5.73 Å². The van der Waals surface area contributed by atoms with Gasteiger partial charge in [-0.2, -0.15) is 0 Å². The maximum absolute atomic E-state index is 12.4. The van der Waals surface area contributed by atoms with Gasteiger partial charge >= 0.3 is 6.03 Å². The molecule has 7 heteroatoms. The van der Waals surface area contributed by atoms with Gasteiger partial charge in [0.1, 0.15) is 0 Å². The average Bonchev–Trinajstić information content (AvgIpc) is 3.07. The highest BCUT2D eigenvalue weighted by atomic mass is 16.3. The predicted octanol–water partition coefficient (Wildman–Crippen LogP) is 3.08. The van der Waals surface area contributed by atoms with Gasteiger partial charge in [-0.25, -0.2) is 9.78 Å². The van der Waals surface area contributed by atoms with Gasteiger partial charge in [-0.15, -0.1) is 0 Å². The Bertz CT molecular complexity index is 857. The van der Waals surface area contributed by atoms with Gasteiger partial charge in [0.2, 0.25) is 0 Å². The Kier molecular flexibility index (Phi) is 4.24. The first-order chi connectivity index (χ1) is 11.6. The molecule has 0 aliphatic heterocycles. The molecule has 120 valence electrons. The van der Waals surface area contributed by atoms with Crippen molar-refractivity contribution in [3.63, 3.8) is 0 Å². The van der Waals surface area contributed by atoms with Crippen LogP contribution in [0.1, 0.15) is 10.5 Å². The lowest BCUT2D eigenvalue weighted by Crippen LogP contribution is -2.19. The van der Waals surface area contributed by atoms with Crippen molar-refractivity contribution < 1.29 is 14.0 Å². The first-order valence-electron chi connectivity index (χ1n) is 7.10. The van der Waals surface area contributed by atoms with E-state index in [9.17, 15) is 9.59 Å². The number of nitrogens with zero attached hydrogens (tertiary/aromatic N) is 1. The van der Waals surface area contributed by atoms with Crippen molar-refractivity contribution in [1.82, 2.24) is 4.98 Å². The van der Waals surface area contributed by atoms with Crippen LogP contribution < -0.4 is 16.4 Å². The van der Waals surface area contributed by atoms with Gasteiger partial charge in [-0.3, -0.25) is 4.79 Å². The molecule has 0 bridgehead atoms. The average molecular weight is 322 g/mol. The summed E-state index contributed by atoms with van der Waals surface area (Å²) in [6, 6.07) is 15.1. The molecule has 1 heterocycles. The highest BCUT2D eigenvalue weighted by Crippen LogP contribution is 2.23. The van der Waals surface area contributed by atoms with Gasteiger partial charge in [-0.1, -0.05) is 30.3 Å². The minimum atomic E-state index is -0.651. The molecule has 2 aromatic carbocycles. The van der Waals surface area contributed by atoms with Crippen LogP contribution in [0.25, 0.3) is 11.3 Å². The van der Waals surface area contributed by atoms with Crippen LogP contribution in [-0.4, -0.2) is 16.9 Å². The molecule has 4 N–H and O–H groups in total. The number of nitrogens with one attached hydrogen (secondary N) is 2. The minimum absolute atomic E-state index is 0.195. The zero-order valence-electron chi connectivity index (χ0n) is 12.5. The Balaban J connectivity index is 1.76. The van der Waals surface area contributed by atoms with E-state index in [-0.39, 0.29) is 5.69 Å². The lowest BCUT2D eigenvalue weighted by atomic mass is 10.1. The summed E-state index contributed by atoms with van der Waals surface area (Å²) in [6.07, 6.45) is 1.23.